The van der Waals surface area contributed by atoms with Crippen molar-refractivity contribution in [3.05, 3.63) is 56.7 Å². The van der Waals surface area contributed by atoms with E-state index in [4.69, 9.17) is 4.74 Å². The summed E-state index contributed by atoms with van der Waals surface area (Å²) in [4.78, 5) is 38.6. The van der Waals surface area contributed by atoms with Crippen LogP contribution in [0.25, 0.3) is 0 Å². The number of esters is 1. The third-order valence-corrected chi connectivity index (χ3v) is 6.86. The zero-order chi connectivity index (χ0) is 19.2. The molecular weight excluding hydrogens is 452 g/mol. The van der Waals surface area contributed by atoms with Crippen LogP contribution in [0.1, 0.15) is 15.8 Å². The maximum atomic E-state index is 12.2. The third-order valence-electron chi connectivity index (χ3n) is 3.79. The Kier molecular flexibility index (Phi) is 6.92. The average molecular weight is 469 g/mol. The van der Waals surface area contributed by atoms with Crippen LogP contribution in [0.15, 0.2) is 46.3 Å². The van der Waals surface area contributed by atoms with Gasteiger partial charge in [0, 0.05) is 4.88 Å². The first-order chi connectivity index (χ1) is 13.0. The summed E-state index contributed by atoms with van der Waals surface area (Å²) in [6.07, 6.45) is 0. The molecular formula is C18H17BrN2O4S2. The molecule has 142 valence electrons. The molecule has 0 radical (unpaired) electrons. The zero-order valence-electron chi connectivity index (χ0n) is 14.2. The van der Waals surface area contributed by atoms with Crippen molar-refractivity contribution in [3.63, 3.8) is 0 Å². The van der Waals surface area contributed by atoms with E-state index < -0.39 is 5.97 Å². The molecule has 1 aromatic carbocycles. The van der Waals surface area contributed by atoms with Crippen molar-refractivity contribution in [2.75, 3.05) is 18.8 Å². The standard InChI is InChI=1S/C18H17BrN2O4S2/c19-14-7-6-13(27-14)18-21(16(23)11-26-18)9-15(22)20-8-17(24)25-10-12-4-2-1-3-5-12/h1-7,18H,8-11H2,(H,20,22). The molecule has 1 aliphatic rings. The predicted molar refractivity (Wildman–Crippen MR) is 108 cm³/mol. The van der Waals surface area contributed by atoms with Gasteiger partial charge in [-0.25, -0.2) is 0 Å². The summed E-state index contributed by atoms with van der Waals surface area (Å²) < 4.78 is 6.10. The number of ether oxygens (including phenoxy) is 1. The number of thiophene rings is 1. The van der Waals surface area contributed by atoms with Gasteiger partial charge in [0.1, 0.15) is 25.1 Å². The number of hydrogen-bond acceptors (Lipinski definition) is 6. The van der Waals surface area contributed by atoms with E-state index >= 15 is 0 Å². The van der Waals surface area contributed by atoms with Crippen LogP contribution < -0.4 is 5.32 Å². The van der Waals surface area contributed by atoms with Crippen LogP contribution >= 0.6 is 39.0 Å². The van der Waals surface area contributed by atoms with E-state index in [1.807, 2.05) is 42.5 Å². The van der Waals surface area contributed by atoms with Crippen molar-refractivity contribution in [3.8, 4) is 0 Å². The molecule has 1 N–H and O–H groups in total. The van der Waals surface area contributed by atoms with Crippen LogP contribution in [-0.4, -0.2) is 41.5 Å². The topological polar surface area (TPSA) is 75.7 Å². The number of halogens is 1. The molecule has 2 aromatic rings. The average Bonchev–Trinajstić information content (AvgIpc) is 3.25. The second-order valence-electron chi connectivity index (χ2n) is 5.75. The molecule has 3 rings (SSSR count). The Labute approximate surface area is 173 Å². The SMILES string of the molecule is O=C(CN1C(=O)CSC1c1ccc(Br)s1)NCC(=O)OCc1ccccc1. The van der Waals surface area contributed by atoms with E-state index in [0.717, 1.165) is 14.2 Å². The number of carbonyl (C=O) groups excluding carboxylic acids is 3. The molecule has 0 saturated carbocycles. The summed E-state index contributed by atoms with van der Waals surface area (Å²) in [5.74, 6) is -0.653. The molecule has 6 nitrogen and oxygen atoms in total. The lowest BCUT2D eigenvalue weighted by Crippen LogP contribution is -2.41. The minimum absolute atomic E-state index is 0.0853. The molecule has 0 bridgehead atoms. The Balaban J connectivity index is 1.46. The van der Waals surface area contributed by atoms with Crippen molar-refractivity contribution >= 4 is 56.8 Å². The van der Waals surface area contributed by atoms with Gasteiger partial charge in [-0.2, -0.15) is 0 Å². The normalized spacial score (nSPS) is 16.4. The maximum Gasteiger partial charge on any atom is 0.325 e. The van der Waals surface area contributed by atoms with Crippen molar-refractivity contribution in [1.29, 1.82) is 0 Å². The molecule has 2 heterocycles. The van der Waals surface area contributed by atoms with E-state index in [2.05, 4.69) is 21.2 Å². The molecule has 1 saturated heterocycles. The molecule has 1 atom stereocenters. The predicted octanol–water partition coefficient (Wildman–Crippen LogP) is 2.94. The first-order valence-electron chi connectivity index (χ1n) is 8.15. The minimum Gasteiger partial charge on any atom is -0.460 e. The summed E-state index contributed by atoms with van der Waals surface area (Å²) in [6.45, 7) is -0.153. The number of nitrogens with one attached hydrogen (secondary N) is 1. The van der Waals surface area contributed by atoms with Crippen LogP contribution in [0.4, 0.5) is 0 Å². The van der Waals surface area contributed by atoms with E-state index in [-0.39, 0.29) is 36.9 Å². The highest BCUT2D eigenvalue weighted by molar-refractivity contribution is 9.11. The van der Waals surface area contributed by atoms with E-state index in [1.54, 1.807) is 0 Å². The van der Waals surface area contributed by atoms with Crippen molar-refractivity contribution in [2.24, 2.45) is 0 Å². The highest BCUT2D eigenvalue weighted by atomic mass is 79.9. The van der Waals surface area contributed by atoms with Crippen molar-refractivity contribution < 1.29 is 19.1 Å². The summed E-state index contributed by atoms with van der Waals surface area (Å²) in [7, 11) is 0. The number of rotatable bonds is 7. The van der Waals surface area contributed by atoms with Gasteiger partial charge in [0.25, 0.3) is 0 Å². The van der Waals surface area contributed by atoms with Crippen LogP contribution in [0.3, 0.4) is 0 Å². The van der Waals surface area contributed by atoms with Gasteiger partial charge >= 0.3 is 5.97 Å². The minimum atomic E-state index is -0.520. The maximum absolute atomic E-state index is 12.2. The fourth-order valence-corrected chi connectivity index (χ4v) is 5.34. The molecule has 1 fully saturated rings. The second-order valence-corrected chi connectivity index (χ2v) is 9.31. The van der Waals surface area contributed by atoms with E-state index in [1.165, 1.54) is 28.0 Å². The third kappa shape index (κ3) is 5.57. The molecule has 1 aromatic heterocycles. The number of carbonyl (C=O) groups is 3. The quantitative estimate of drug-likeness (QED) is 0.632. The molecule has 1 unspecified atom stereocenters. The largest absolute Gasteiger partial charge is 0.460 e. The van der Waals surface area contributed by atoms with Crippen LogP contribution in [0, 0.1) is 0 Å². The first-order valence-corrected chi connectivity index (χ1v) is 10.8. The Morgan fingerprint density at radius 3 is 2.70 bits per heavy atom. The highest BCUT2D eigenvalue weighted by Gasteiger charge is 2.35. The summed E-state index contributed by atoms with van der Waals surface area (Å²) >= 11 is 6.44. The first kappa shape index (κ1) is 19.9. The zero-order valence-corrected chi connectivity index (χ0v) is 17.4. The Bertz CT molecular complexity index is 828. The fourth-order valence-electron chi connectivity index (χ4n) is 2.49. The van der Waals surface area contributed by atoms with Gasteiger partial charge in [0.2, 0.25) is 11.8 Å². The Hall–Kier alpha value is -1.84. The van der Waals surface area contributed by atoms with Gasteiger partial charge < -0.3 is 15.0 Å². The molecule has 0 spiro atoms. The number of nitrogens with zero attached hydrogens (tertiary/aromatic N) is 1. The molecule has 9 heteroatoms. The number of thioether (sulfide) groups is 1. The summed E-state index contributed by atoms with van der Waals surface area (Å²) in [6, 6.07) is 13.2. The van der Waals surface area contributed by atoms with E-state index in [9.17, 15) is 14.4 Å². The van der Waals surface area contributed by atoms with Gasteiger partial charge in [-0.15, -0.1) is 23.1 Å². The fraction of sp³-hybridized carbons (Fsp3) is 0.278. The summed E-state index contributed by atoms with van der Waals surface area (Å²) in [5.41, 5.74) is 0.877. The van der Waals surface area contributed by atoms with E-state index in [0.29, 0.717) is 5.75 Å². The Morgan fingerprint density at radius 2 is 2.00 bits per heavy atom. The number of amides is 2. The van der Waals surface area contributed by atoms with Crippen molar-refractivity contribution in [2.45, 2.75) is 12.0 Å². The lowest BCUT2D eigenvalue weighted by atomic mass is 10.2. The van der Waals surface area contributed by atoms with Crippen LogP contribution in [0.5, 0.6) is 0 Å². The monoisotopic (exact) mass is 468 g/mol. The number of benzene rings is 1. The molecule has 1 aliphatic heterocycles. The van der Waals surface area contributed by atoms with Gasteiger partial charge in [-0.3, -0.25) is 14.4 Å². The second kappa shape index (κ2) is 9.38. The number of hydrogen-bond donors (Lipinski definition) is 1. The molecule has 0 aliphatic carbocycles. The molecule has 27 heavy (non-hydrogen) atoms. The van der Waals surface area contributed by atoms with Gasteiger partial charge in [-0.05, 0) is 33.6 Å². The van der Waals surface area contributed by atoms with Gasteiger partial charge in [0.05, 0.1) is 9.54 Å². The Morgan fingerprint density at radius 1 is 1.22 bits per heavy atom. The lowest BCUT2D eigenvalue weighted by Gasteiger charge is -2.22. The highest BCUT2D eigenvalue weighted by Crippen LogP contribution is 2.42. The lowest BCUT2D eigenvalue weighted by molar-refractivity contribution is -0.145. The van der Waals surface area contributed by atoms with Crippen molar-refractivity contribution in [1.82, 2.24) is 10.2 Å². The molecule has 2 amide bonds. The summed E-state index contributed by atoms with van der Waals surface area (Å²) in [5, 5.41) is 2.34. The van der Waals surface area contributed by atoms with Crippen LogP contribution in [0.2, 0.25) is 0 Å². The van der Waals surface area contributed by atoms with Gasteiger partial charge in [-0.1, -0.05) is 30.3 Å². The smallest absolute Gasteiger partial charge is 0.325 e. The van der Waals surface area contributed by atoms with Gasteiger partial charge in [0.15, 0.2) is 0 Å². The van der Waals surface area contributed by atoms with Crippen LogP contribution in [-0.2, 0) is 25.7 Å².